The van der Waals surface area contributed by atoms with Crippen LogP contribution in [0.5, 0.6) is 0 Å². The molecule has 1 aliphatic heterocycles. The molecule has 0 aromatic heterocycles. The lowest BCUT2D eigenvalue weighted by molar-refractivity contribution is -0.144. The van der Waals surface area contributed by atoms with Crippen LogP contribution >= 0.6 is 23.2 Å². The van der Waals surface area contributed by atoms with Crippen LogP contribution < -0.4 is 10.0 Å². The molecule has 1 aliphatic rings. The topological polar surface area (TPSA) is 137 Å². The number of nitrogens with zero attached hydrogens (tertiary/aromatic N) is 1. The normalized spacial score (nSPS) is 18.5. The van der Waals surface area contributed by atoms with Gasteiger partial charge in [0, 0.05) is 17.9 Å². The molecule has 2 atom stereocenters. The van der Waals surface area contributed by atoms with Crippen LogP contribution in [0.25, 0.3) is 0 Å². The number of carbonyl (C=O) groups excluding carboxylic acids is 1. The van der Waals surface area contributed by atoms with Gasteiger partial charge in [0.25, 0.3) is 5.91 Å². The van der Waals surface area contributed by atoms with Gasteiger partial charge in [-0.15, -0.1) is 0 Å². The van der Waals surface area contributed by atoms with E-state index in [1.54, 1.807) is 0 Å². The van der Waals surface area contributed by atoms with E-state index in [2.05, 4.69) is 15.2 Å². The van der Waals surface area contributed by atoms with Crippen LogP contribution in [0.1, 0.15) is 32.3 Å². The Hall–Kier alpha value is -2.15. The first-order valence-electron chi connectivity index (χ1n) is 11.3. The Morgan fingerprint density at radius 2 is 1.89 bits per heavy atom. The molecule has 0 radical (unpaired) electrons. The molecule has 0 aliphatic carbocycles. The number of halogens is 2. The lowest BCUT2D eigenvalue weighted by atomic mass is 9.74. The van der Waals surface area contributed by atoms with Gasteiger partial charge in [-0.1, -0.05) is 72.5 Å². The van der Waals surface area contributed by atoms with Crippen molar-refractivity contribution in [3.05, 3.63) is 64.1 Å². The van der Waals surface area contributed by atoms with Gasteiger partial charge in [0.2, 0.25) is 15.6 Å². The zero-order valence-corrected chi connectivity index (χ0v) is 22.1. The SMILES string of the molecule is CC(C)C[C@H](NC(=O)C1(Cc2ccccc2)CC(CNS(=O)(=O)c2cc(Cl)ccc2Cl)=NO1)B(O)O. The van der Waals surface area contributed by atoms with Crippen LogP contribution in [-0.4, -0.2) is 55.3 Å². The molecule has 0 bridgehead atoms. The summed E-state index contributed by atoms with van der Waals surface area (Å²) < 4.78 is 28.0. The van der Waals surface area contributed by atoms with Crippen LogP contribution in [0, 0.1) is 5.92 Å². The quantitative estimate of drug-likeness (QED) is 0.314. The summed E-state index contributed by atoms with van der Waals surface area (Å²) in [7, 11) is -5.79. The summed E-state index contributed by atoms with van der Waals surface area (Å²) in [6.07, 6.45) is 0.448. The van der Waals surface area contributed by atoms with Crippen molar-refractivity contribution in [2.45, 2.75) is 49.5 Å². The third-order valence-corrected chi connectivity index (χ3v) is 7.75. The lowest BCUT2D eigenvalue weighted by Crippen LogP contribution is -2.56. The van der Waals surface area contributed by atoms with Crippen LogP contribution in [0.4, 0.5) is 0 Å². The average molecular weight is 556 g/mol. The highest BCUT2D eigenvalue weighted by atomic mass is 35.5. The van der Waals surface area contributed by atoms with Gasteiger partial charge in [-0.2, -0.15) is 0 Å². The van der Waals surface area contributed by atoms with E-state index >= 15 is 0 Å². The molecule has 0 spiro atoms. The third-order valence-electron chi connectivity index (χ3n) is 5.64. The van der Waals surface area contributed by atoms with E-state index < -0.39 is 34.6 Å². The number of hydrogen-bond acceptors (Lipinski definition) is 7. The molecule has 36 heavy (non-hydrogen) atoms. The Labute approximate surface area is 221 Å². The van der Waals surface area contributed by atoms with E-state index in [-0.39, 0.29) is 46.0 Å². The molecule has 0 saturated heterocycles. The number of oxime groups is 1. The highest BCUT2D eigenvalue weighted by Crippen LogP contribution is 2.30. The largest absolute Gasteiger partial charge is 0.475 e. The van der Waals surface area contributed by atoms with Crippen molar-refractivity contribution < 1.29 is 28.1 Å². The number of amides is 1. The first-order chi connectivity index (χ1) is 16.9. The molecule has 13 heteroatoms. The van der Waals surface area contributed by atoms with Gasteiger partial charge in [0.05, 0.1) is 23.2 Å². The number of benzene rings is 2. The maximum atomic E-state index is 13.4. The first kappa shape index (κ1) is 28.4. The Kier molecular flexibility index (Phi) is 9.42. The standard InChI is InChI=1S/C23H28BCl2N3O6S/c1-15(2)10-21(24(31)32)28-22(30)23(12-16-6-4-3-5-7-16)13-18(29-35-23)14-27-36(33,34)20-11-17(25)8-9-19(20)26/h3-9,11,15,21,27,31-32H,10,12-14H2,1-2H3,(H,28,30)/t21-,23?/m0/s1. The number of nitrogens with one attached hydrogen (secondary N) is 2. The summed E-state index contributed by atoms with van der Waals surface area (Å²) in [4.78, 5) is 18.9. The first-order valence-corrected chi connectivity index (χ1v) is 13.6. The summed E-state index contributed by atoms with van der Waals surface area (Å²) >= 11 is 12.0. The van der Waals surface area contributed by atoms with Crippen molar-refractivity contribution in [3.8, 4) is 0 Å². The van der Waals surface area contributed by atoms with Gasteiger partial charge < -0.3 is 20.2 Å². The molecule has 4 N–H and O–H groups in total. The van der Waals surface area contributed by atoms with Crippen LogP contribution in [-0.2, 0) is 26.1 Å². The Balaban J connectivity index is 1.78. The second kappa shape index (κ2) is 11.9. The molecule has 0 fully saturated rings. The zero-order chi connectivity index (χ0) is 26.5. The summed E-state index contributed by atoms with van der Waals surface area (Å²) in [5, 5.41) is 26.4. The van der Waals surface area contributed by atoms with Gasteiger partial charge >= 0.3 is 7.12 Å². The molecular formula is C23H28BCl2N3O6S. The van der Waals surface area contributed by atoms with Crippen molar-refractivity contribution in [3.63, 3.8) is 0 Å². The zero-order valence-electron chi connectivity index (χ0n) is 19.8. The lowest BCUT2D eigenvalue weighted by Gasteiger charge is -2.29. The minimum Gasteiger partial charge on any atom is -0.426 e. The van der Waals surface area contributed by atoms with Crippen LogP contribution in [0.3, 0.4) is 0 Å². The number of rotatable bonds is 11. The minimum absolute atomic E-state index is 0.00747. The van der Waals surface area contributed by atoms with Gasteiger partial charge in [-0.25, -0.2) is 13.1 Å². The Morgan fingerprint density at radius 3 is 2.53 bits per heavy atom. The van der Waals surface area contributed by atoms with Crippen LogP contribution in [0.15, 0.2) is 58.6 Å². The molecule has 3 rings (SSSR count). The van der Waals surface area contributed by atoms with Gasteiger partial charge in [0.15, 0.2) is 0 Å². The van der Waals surface area contributed by atoms with Crippen LogP contribution in [0.2, 0.25) is 10.0 Å². The second-order valence-electron chi connectivity index (χ2n) is 9.10. The minimum atomic E-state index is -4.03. The average Bonchev–Trinajstić information content (AvgIpc) is 3.23. The van der Waals surface area contributed by atoms with Gasteiger partial charge in [-0.3, -0.25) is 4.79 Å². The predicted molar refractivity (Wildman–Crippen MR) is 139 cm³/mol. The predicted octanol–water partition coefficient (Wildman–Crippen LogP) is 2.57. The van der Waals surface area contributed by atoms with Crippen molar-refractivity contribution in [2.75, 3.05) is 6.54 Å². The van der Waals surface area contributed by atoms with E-state index in [0.717, 1.165) is 5.56 Å². The molecular weight excluding hydrogens is 528 g/mol. The summed E-state index contributed by atoms with van der Waals surface area (Å²) in [5.74, 6) is -1.41. The smallest absolute Gasteiger partial charge is 0.426 e. The molecule has 1 heterocycles. The van der Waals surface area contributed by atoms with Gasteiger partial charge in [0.1, 0.15) is 4.90 Å². The summed E-state index contributed by atoms with van der Waals surface area (Å²) in [6, 6.07) is 13.2. The maximum absolute atomic E-state index is 13.4. The fourth-order valence-electron chi connectivity index (χ4n) is 3.87. The molecule has 0 saturated carbocycles. The van der Waals surface area contributed by atoms with E-state index in [4.69, 9.17) is 28.0 Å². The molecule has 1 unspecified atom stereocenters. The number of hydrogen-bond donors (Lipinski definition) is 4. The maximum Gasteiger partial charge on any atom is 0.475 e. The van der Waals surface area contributed by atoms with Crippen molar-refractivity contribution in [1.29, 1.82) is 0 Å². The highest BCUT2D eigenvalue weighted by Gasteiger charge is 2.48. The molecule has 194 valence electrons. The monoisotopic (exact) mass is 555 g/mol. The van der Waals surface area contributed by atoms with E-state index in [9.17, 15) is 23.3 Å². The highest BCUT2D eigenvalue weighted by molar-refractivity contribution is 7.89. The molecule has 2 aromatic rings. The molecule has 1 amide bonds. The molecule has 2 aromatic carbocycles. The Bertz CT molecular complexity index is 1210. The van der Waals surface area contributed by atoms with E-state index in [0.29, 0.717) is 6.42 Å². The third kappa shape index (κ3) is 7.21. The molecule has 9 nitrogen and oxygen atoms in total. The Morgan fingerprint density at radius 1 is 1.19 bits per heavy atom. The van der Waals surface area contributed by atoms with Gasteiger partial charge in [-0.05, 0) is 36.1 Å². The van der Waals surface area contributed by atoms with Crippen molar-refractivity contribution >= 4 is 52.0 Å². The number of sulfonamides is 1. The van der Waals surface area contributed by atoms with E-state index in [1.807, 2.05) is 44.2 Å². The van der Waals surface area contributed by atoms with Crippen molar-refractivity contribution in [1.82, 2.24) is 10.0 Å². The van der Waals surface area contributed by atoms with E-state index in [1.165, 1.54) is 18.2 Å². The van der Waals surface area contributed by atoms with Crippen molar-refractivity contribution in [2.24, 2.45) is 11.1 Å². The summed E-state index contributed by atoms with van der Waals surface area (Å²) in [5.41, 5.74) is -0.423. The summed E-state index contributed by atoms with van der Waals surface area (Å²) in [6.45, 7) is 3.56. The number of carbonyl (C=O) groups is 1. The fraction of sp³-hybridized carbons (Fsp3) is 0.391. The fourth-order valence-corrected chi connectivity index (χ4v) is 5.64. The second-order valence-corrected chi connectivity index (χ2v) is 11.7.